The molecule has 0 unspecified atom stereocenters. The first-order valence-corrected chi connectivity index (χ1v) is 11.1. The van der Waals surface area contributed by atoms with Crippen molar-refractivity contribution >= 4 is 21.9 Å². The molecule has 0 aliphatic carbocycles. The summed E-state index contributed by atoms with van der Waals surface area (Å²) in [7, 11) is -3.21. The smallest absolute Gasteiger partial charge is 0.475 e. The van der Waals surface area contributed by atoms with E-state index in [0.29, 0.717) is 32.4 Å². The molecule has 1 amide bonds. The lowest BCUT2D eigenvalue weighted by atomic mass is 9.96. The summed E-state index contributed by atoms with van der Waals surface area (Å²) in [5.41, 5.74) is 1.03. The number of rotatable bonds is 5. The molecule has 2 saturated heterocycles. The van der Waals surface area contributed by atoms with E-state index < -0.39 is 22.2 Å². The monoisotopic (exact) mass is 451 g/mol. The molecule has 0 aromatic carbocycles. The number of hydrogen-bond donors (Lipinski definition) is 1. The van der Waals surface area contributed by atoms with Gasteiger partial charge in [-0.3, -0.25) is 9.78 Å². The second-order valence-electron chi connectivity index (χ2n) is 7.07. The average molecular weight is 451 g/mol. The van der Waals surface area contributed by atoms with E-state index in [2.05, 4.69) is 4.98 Å². The predicted molar refractivity (Wildman–Crippen MR) is 101 cm³/mol. The Bertz CT molecular complexity index is 848. The maximum absolute atomic E-state index is 12.4. The van der Waals surface area contributed by atoms with Gasteiger partial charge in [0.2, 0.25) is 15.9 Å². The van der Waals surface area contributed by atoms with Crippen LogP contribution in [0.5, 0.6) is 0 Å². The Morgan fingerprint density at radius 2 is 1.83 bits per heavy atom. The van der Waals surface area contributed by atoms with Crippen molar-refractivity contribution in [1.82, 2.24) is 14.2 Å². The second kappa shape index (κ2) is 9.73. The summed E-state index contributed by atoms with van der Waals surface area (Å²) in [4.78, 5) is 27.1. The van der Waals surface area contributed by atoms with E-state index in [4.69, 9.17) is 9.90 Å². The first kappa shape index (κ1) is 24.1. The normalized spacial score (nSPS) is 22.3. The van der Waals surface area contributed by atoms with Crippen LogP contribution in [0.4, 0.5) is 13.2 Å². The van der Waals surface area contributed by atoms with Crippen LogP contribution in [0.2, 0.25) is 0 Å². The molecule has 2 aliphatic heterocycles. The van der Waals surface area contributed by atoms with Crippen LogP contribution in [-0.4, -0.2) is 70.1 Å². The molecule has 2 fully saturated rings. The first-order valence-electron chi connectivity index (χ1n) is 9.45. The van der Waals surface area contributed by atoms with Gasteiger partial charge in [0.1, 0.15) is 0 Å². The number of halogens is 3. The lowest BCUT2D eigenvalue weighted by Gasteiger charge is -2.39. The van der Waals surface area contributed by atoms with E-state index >= 15 is 0 Å². The van der Waals surface area contributed by atoms with Gasteiger partial charge in [-0.15, -0.1) is 0 Å². The third-order valence-corrected chi connectivity index (χ3v) is 7.09. The molecule has 1 N–H and O–H groups in total. The van der Waals surface area contributed by atoms with E-state index in [-0.39, 0.29) is 23.7 Å². The van der Waals surface area contributed by atoms with E-state index in [0.717, 1.165) is 12.0 Å². The van der Waals surface area contributed by atoms with Gasteiger partial charge in [0.05, 0.1) is 5.75 Å². The molecule has 0 radical (unpaired) electrons. The molecule has 1 aromatic rings. The Morgan fingerprint density at radius 1 is 1.23 bits per heavy atom. The second-order valence-corrected chi connectivity index (χ2v) is 9.11. The van der Waals surface area contributed by atoms with Gasteiger partial charge in [0.15, 0.2) is 0 Å². The fraction of sp³-hybridized carbons (Fsp3) is 0.611. The molecule has 3 rings (SSSR count). The molecule has 30 heavy (non-hydrogen) atoms. The highest BCUT2D eigenvalue weighted by Gasteiger charge is 2.46. The lowest BCUT2D eigenvalue weighted by Crippen LogP contribution is -2.53. The van der Waals surface area contributed by atoms with Gasteiger partial charge >= 0.3 is 12.1 Å². The maximum Gasteiger partial charge on any atom is 0.490 e. The van der Waals surface area contributed by atoms with Gasteiger partial charge in [-0.05, 0) is 37.0 Å². The van der Waals surface area contributed by atoms with Crippen LogP contribution in [0, 0.1) is 0 Å². The highest BCUT2D eigenvalue weighted by Crippen LogP contribution is 2.34. The Hall–Kier alpha value is -2.21. The first-order chi connectivity index (χ1) is 14.0. The van der Waals surface area contributed by atoms with Crippen molar-refractivity contribution in [2.24, 2.45) is 0 Å². The Kier molecular flexibility index (Phi) is 7.81. The summed E-state index contributed by atoms with van der Waals surface area (Å²) in [5.74, 6) is -2.44. The summed E-state index contributed by atoms with van der Waals surface area (Å²) in [6.07, 6.45) is 0.756. The minimum atomic E-state index is -5.08. The number of carboxylic acids is 1. The molecule has 2 atom stereocenters. The average Bonchev–Trinajstić information content (AvgIpc) is 3.10. The van der Waals surface area contributed by atoms with Crippen molar-refractivity contribution in [3.8, 4) is 0 Å². The summed E-state index contributed by atoms with van der Waals surface area (Å²) in [5, 5.41) is 7.12. The summed E-state index contributed by atoms with van der Waals surface area (Å²) < 4.78 is 58.3. The molecule has 0 saturated carbocycles. The minimum Gasteiger partial charge on any atom is -0.475 e. The van der Waals surface area contributed by atoms with Gasteiger partial charge in [0, 0.05) is 44.0 Å². The van der Waals surface area contributed by atoms with Crippen LogP contribution in [0.25, 0.3) is 0 Å². The fourth-order valence-electron chi connectivity index (χ4n) is 3.72. The highest BCUT2D eigenvalue weighted by atomic mass is 32.2. The molecule has 12 heteroatoms. The molecule has 8 nitrogen and oxygen atoms in total. The Labute approximate surface area is 172 Å². The van der Waals surface area contributed by atoms with E-state index in [1.54, 1.807) is 16.7 Å². The largest absolute Gasteiger partial charge is 0.490 e. The van der Waals surface area contributed by atoms with Crippen molar-refractivity contribution < 1.29 is 36.3 Å². The number of amides is 1. The van der Waals surface area contributed by atoms with Crippen LogP contribution >= 0.6 is 0 Å². The molecular formula is C18H24F3N3O5S. The Balaban J connectivity index is 0.000000396. The quantitative estimate of drug-likeness (QED) is 0.734. The van der Waals surface area contributed by atoms with Crippen molar-refractivity contribution in [3.05, 3.63) is 30.1 Å². The third-order valence-electron chi connectivity index (χ3n) is 5.00. The number of piperidine rings is 1. The number of carbonyl (C=O) groups is 2. The number of likely N-dealkylation sites (tertiary alicyclic amines) is 1. The number of carbonyl (C=O) groups excluding carboxylic acids is 1. The molecule has 168 valence electrons. The zero-order valence-electron chi connectivity index (χ0n) is 16.4. The van der Waals surface area contributed by atoms with Crippen LogP contribution in [-0.2, 0) is 26.2 Å². The van der Waals surface area contributed by atoms with E-state index in [1.165, 1.54) is 0 Å². The topological polar surface area (TPSA) is 108 Å². The van der Waals surface area contributed by atoms with Gasteiger partial charge < -0.3 is 10.0 Å². The zero-order valence-corrected chi connectivity index (χ0v) is 17.2. The SMILES string of the molecule is CCCS(=O)(=O)N1CC[C@H]2[C@@H]1CCC(=O)N2Cc1ccncc1.O=C(O)C(F)(F)F. The van der Waals surface area contributed by atoms with Gasteiger partial charge in [-0.1, -0.05) is 6.92 Å². The van der Waals surface area contributed by atoms with Gasteiger partial charge in [-0.2, -0.15) is 17.5 Å². The van der Waals surface area contributed by atoms with Crippen LogP contribution in [0.3, 0.4) is 0 Å². The molecule has 0 spiro atoms. The molecule has 2 aliphatic rings. The minimum absolute atomic E-state index is 0.00366. The maximum atomic E-state index is 12.4. The van der Waals surface area contributed by atoms with Crippen molar-refractivity contribution in [2.45, 2.75) is 57.4 Å². The number of aliphatic carboxylic acids is 1. The van der Waals surface area contributed by atoms with Crippen molar-refractivity contribution in [2.75, 3.05) is 12.3 Å². The number of carboxylic acid groups (broad SMARTS) is 1. The number of hydrogen-bond acceptors (Lipinski definition) is 5. The summed E-state index contributed by atoms with van der Waals surface area (Å²) in [6.45, 7) is 2.94. The van der Waals surface area contributed by atoms with Gasteiger partial charge in [0.25, 0.3) is 0 Å². The number of nitrogens with zero attached hydrogens (tertiary/aromatic N) is 3. The number of sulfonamides is 1. The number of aromatic nitrogens is 1. The fourth-order valence-corrected chi connectivity index (χ4v) is 5.51. The Morgan fingerprint density at radius 3 is 2.37 bits per heavy atom. The molecule has 0 bridgehead atoms. The van der Waals surface area contributed by atoms with E-state index in [9.17, 15) is 26.4 Å². The molecule has 3 heterocycles. The van der Waals surface area contributed by atoms with Crippen molar-refractivity contribution in [3.63, 3.8) is 0 Å². The number of pyridine rings is 1. The van der Waals surface area contributed by atoms with Crippen molar-refractivity contribution in [1.29, 1.82) is 0 Å². The lowest BCUT2D eigenvalue weighted by molar-refractivity contribution is -0.192. The van der Waals surface area contributed by atoms with Crippen LogP contribution < -0.4 is 0 Å². The zero-order chi connectivity index (χ0) is 22.5. The third kappa shape index (κ3) is 5.91. The van der Waals surface area contributed by atoms with Crippen LogP contribution in [0.1, 0.15) is 38.2 Å². The van der Waals surface area contributed by atoms with E-state index in [1.807, 2.05) is 24.0 Å². The summed E-state index contributed by atoms with van der Waals surface area (Å²) >= 11 is 0. The highest BCUT2D eigenvalue weighted by molar-refractivity contribution is 7.89. The van der Waals surface area contributed by atoms with Gasteiger partial charge in [-0.25, -0.2) is 13.2 Å². The summed E-state index contributed by atoms with van der Waals surface area (Å²) in [6, 6.07) is 3.73. The standard InChI is InChI=1S/C16H23N3O3S.C2HF3O2/c1-2-11-23(21,22)19-10-7-14-15(19)3-4-16(20)18(14)12-13-5-8-17-9-6-13;3-2(4,5)1(6)7/h5-6,8-9,14-15H,2-4,7,10-12H2,1H3;(H,6,7)/t14-,15-;/m0./s1. The predicted octanol–water partition coefficient (Wildman–Crippen LogP) is 2.02. The molecule has 1 aromatic heterocycles. The molecular weight excluding hydrogens is 427 g/mol. The number of alkyl halides is 3. The van der Waals surface area contributed by atoms with Crippen LogP contribution in [0.15, 0.2) is 24.5 Å². The number of fused-ring (bicyclic) bond motifs is 1.